The van der Waals surface area contributed by atoms with Crippen molar-refractivity contribution < 1.29 is 4.79 Å². The summed E-state index contributed by atoms with van der Waals surface area (Å²) in [6.45, 7) is 1.60. The van der Waals surface area contributed by atoms with Gasteiger partial charge in [0, 0.05) is 5.56 Å². The smallest absolute Gasteiger partial charge is 0.252 e. The van der Waals surface area contributed by atoms with Crippen molar-refractivity contribution in [2.75, 3.05) is 0 Å². The Labute approximate surface area is 78.7 Å². The number of rotatable bonds is 1. The van der Waals surface area contributed by atoms with Crippen LogP contribution in [0.25, 0.3) is 0 Å². The van der Waals surface area contributed by atoms with Gasteiger partial charge in [0.05, 0.1) is 5.56 Å². The first kappa shape index (κ1) is 9.22. The van der Waals surface area contributed by atoms with Gasteiger partial charge in [-0.05, 0) is 6.92 Å². The first-order valence-corrected chi connectivity index (χ1v) is 3.77. The highest BCUT2D eigenvalue weighted by Crippen LogP contribution is 2.20. The van der Waals surface area contributed by atoms with E-state index in [-0.39, 0.29) is 15.9 Å². The van der Waals surface area contributed by atoms with Crippen molar-refractivity contribution in [3.05, 3.63) is 21.4 Å². The van der Waals surface area contributed by atoms with E-state index in [1.807, 2.05) is 0 Å². The van der Waals surface area contributed by atoms with Crippen LogP contribution in [0.1, 0.15) is 15.9 Å². The molecule has 0 radical (unpaired) electrons. The minimum Gasteiger partial charge on any atom is -0.365 e. The number of carbonyl (C=O) groups is 1. The first-order valence-electron chi connectivity index (χ1n) is 3.02. The van der Waals surface area contributed by atoms with Gasteiger partial charge in [-0.25, -0.2) is 0 Å². The number of halogens is 2. The maximum Gasteiger partial charge on any atom is 0.252 e. The molecule has 1 rings (SSSR count). The zero-order valence-corrected chi connectivity index (χ0v) is 7.65. The summed E-state index contributed by atoms with van der Waals surface area (Å²) in [5.41, 5.74) is 5.60. The molecule has 0 aliphatic carbocycles. The zero-order chi connectivity index (χ0) is 9.30. The predicted octanol–water partition coefficient (Wildman–Crippen LogP) is 1.19. The van der Waals surface area contributed by atoms with Gasteiger partial charge in [0.25, 0.3) is 5.91 Å². The number of carbonyl (C=O) groups excluding carboxylic acids is 1. The maximum absolute atomic E-state index is 10.8. The lowest BCUT2D eigenvalue weighted by Gasteiger charge is -2.02. The quantitative estimate of drug-likeness (QED) is 0.750. The van der Waals surface area contributed by atoms with Crippen LogP contribution >= 0.6 is 23.2 Å². The summed E-state index contributed by atoms with van der Waals surface area (Å²) in [6, 6.07) is 0. The number of amides is 1. The number of aromatic nitrogens is 2. The zero-order valence-electron chi connectivity index (χ0n) is 6.14. The minimum absolute atomic E-state index is 0.0237. The Bertz CT molecular complexity index is 340. The van der Waals surface area contributed by atoms with Crippen LogP contribution in [0.2, 0.25) is 10.3 Å². The van der Waals surface area contributed by atoms with Crippen LogP contribution in [0.3, 0.4) is 0 Å². The molecule has 0 saturated heterocycles. The van der Waals surface area contributed by atoms with Crippen molar-refractivity contribution >= 4 is 29.1 Å². The molecule has 0 unspecified atom stereocenters. The van der Waals surface area contributed by atoms with Crippen molar-refractivity contribution in [3.63, 3.8) is 0 Å². The van der Waals surface area contributed by atoms with Gasteiger partial charge in [0.15, 0.2) is 10.3 Å². The topological polar surface area (TPSA) is 68.9 Å². The van der Waals surface area contributed by atoms with Gasteiger partial charge in [-0.1, -0.05) is 23.2 Å². The molecule has 0 bridgehead atoms. The number of hydrogen-bond acceptors (Lipinski definition) is 3. The van der Waals surface area contributed by atoms with E-state index in [0.717, 1.165) is 0 Å². The van der Waals surface area contributed by atoms with Crippen molar-refractivity contribution in [2.24, 2.45) is 5.73 Å². The van der Waals surface area contributed by atoms with Crippen molar-refractivity contribution in [3.8, 4) is 0 Å². The molecule has 0 aromatic carbocycles. The summed E-state index contributed by atoms with van der Waals surface area (Å²) in [5, 5.41) is 7.05. The summed E-state index contributed by atoms with van der Waals surface area (Å²) >= 11 is 11.2. The van der Waals surface area contributed by atoms with Crippen LogP contribution in [-0.4, -0.2) is 16.1 Å². The van der Waals surface area contributed by atoms with Crippen LogP contribution in [0, 0.1) is 6.92 Å². The van der Waals surface area contributed by atoms with E-state index in [9.17, 15) is 4.79 Å². The van der Waals surface area contributed by atoms with Crippen LogP contribution in [0.15, 0.2) is 0 Å². The van der Waals surface area contributed by atoms with Crippen LogP contribution in [0.5, 0.6) is 0 Å². The standard InChI is InChI=1S/C6H5Cl2N3O/c1-2-3(6(9)12)5(8)11-10-4(2)7/h1H3,(H2,9,12). The normalized spacial score (nSPS) is 9.92. The Morgan fingerprint density at radius 1 is 1.33 bits per heavy atom. The second-order valence-corrected chi connectivity index (χ2v) is 2.86. The van der Waals surface area contributed by atoms with Gasteiger partial charge >= 0.3 is 0 Å². The molecule has 0 aliphatic rings. The van der Waals surface area contributed by atoms with Crippen molar-refractivity contribution in [1.82, 2.24) is 10.2 Å². The number of primary amides is 1. The van der Waals surface area contributed by atoms with Crippen LogP contribution < -0.4 is 5.73 Å². The molecule has 1 amide bonds. The Balaban J connectivity index is 3.43. The molecular formula is C6H5Cl2N3O. The van der Waals surface area contributed by atoms with E-state index in [0.29, 0.717) is 5.56 Å². The lowest BCUT2D eigenvalue weighted by molar-refractivity contribution is 0.0999. The fourth-order valence-electron chi connectivity index (χ4n) is 0.757. The summed E-state index contributed by atoms with van der Waals surface area (Å²) in [6.07, 6.45) is 0. The molecule has 12 heavy (non-hydrogen) atoms. The summed E-state index contributed by atoms with van der Waals surface area (Å²) in [4.78, 5) is 10.8. The second kappa shape index (κ2) is 3.25. The van der Waals surface area contributed by atoms with E-state index >= 15 is 0 Å². The van der Waals surface area contributed by atoms with Crippen LogP contribution in [0.4, 0.5) is 0 Å². The van der Waals surface area contributed by atoms with Gasteiger partial charge in [0.1, 0.15) is 0 Å². The molecule has 2 N–H and O–H groups in total. The van der Waals surface area contributed by atoms with Gasteiger partial charge in [-0.3, -0.25) is 4.79 Å². The van der Waals surface area contributed by atoms with E-state index < -0.39 is 5.91 Å². The monoisotopic (exact) mass is 205 g/mol. The third kappa shape index (κ3) is 1.49. The number of hydrogen-bond donors (Lipinski definition) is 1. The Kier molecular flexibility index (Phi) is 2.49. The average Bonchev–Trinajstić information content (AvgIpc) is 1.97. The molecule has 1 heterocycles. The Hall–Kier alpha value is -0.870. The fourth-order valence-corrected chi connectivity index (χ4v) is 1.16. The molecule has 0 aliphatic heterocycles. The van der Waals surface area contributed by atoms with Gasteiger partial charge in [-0.15, -0.1) is 10.2 Å². The molecule has 6 heteroatoms. The highest BCUT2D eigenvalue weighted by molar-refractivity contribution is 6.34. The molecule has 0 spiro atoms. The van der Waals surface area contributed by atoms with E-state index in [1.54, 1.807) is 6.92 Å². The molecule has 1 aromatic rings. The predicted molar refractivity (Wildman–Crippen MR) is 45.3 cm³/mol. The summed E-state index contributed by atoms with van der Waals surface area (Å²) in [5.74, 6) is -0.658. The largest absolute Gasteiger partial charge is 0.365 e. The molecule has 1 aromatic heterocycles. The summed E-state index contributed by atoms with van der Waals surface area (Å²) < 4.78 is 0. The fraction of sp³-hybridized carbons (Fsp3) is 0.167. The second-order valence-electron chi connectivity index (χ2n) is 2.15. The highest BCUT2D eigenvalue weighted by atomic mass is 35.5. The Morgan fingerprint density at radius 3 is 2.25 bits per heavy atom. The molecular weight excluding hydrogens is 201 g/mol. The maximum atomic E-state index is 10.8. The number of nitrogens with two attached hydrogens (primary N) is 1. The molecule has 0 atom stereocenters. The number of nitrogens with zero attached hydrogens (tertiary/aromatic N) is 2. The average molecular weight is 206 g/mol. The van der Waals surface area contributed by atoms with E-state index in [1.165, 1.54) is 0 Å². The molecule has 0 saturated carbocycles. The third-order valence-corrected chi connectivity index (χ3v) is 1.99. The summed E-state index contributed by atoms with van der Waals surface area (Å²) in [7, 11) is 0. The van der Waals surface area contributed by atoms with Gasteiger partial charge in [-0.2, -0.15) is 0 Å². The molecule has 64 valence electrons. The van der Waals surface area contributed by atoms with Gasteiger partial charge < -0.3 is 5.73 Å². The molecule has 4 nitrogen and oxygen atoms in total. The van der Waals surface area contributed by atoms with Crippen molar-refractivity contribution in [2.45, 2.75) is 6.92 Å². The minimum atomic E-state index is -0.658. The highest BCUT2D eigenvalue weighted by Gasteiger charge is 2.14. The van der Waals surface area contributed by atoms with E-state index in [4.69, 9.17) is 28.9 Å². The third-order valence-electron chi connectivity index (χ3n) is 1.36. The van der Waals surface area contributed by atoms with E-state index in [2.05, 4.69) is 10.2 Å². The van der Waals surface area contributed by atoms with Gasteiger partial charge in [0.2, 0.25) is 0 Å². The Morgan fingerprint density at radius 2 is 1.83 bits per heavy atom. The lowest BCUT2D eigenvalue weighted by atomic mass is 10.2. The molecule has 0 fully saturated rings. The first-order chi connectivity index (χ1) is 5.54. The lowest BCUT2D eigenvalue weighted by Crippen LogP contribution is -2.15. The van der Waals surface area contributed by atoms with Crippen LogP contribution in [-0.2, 0) is 0 Å². The SMILES string of the molecule is Cc1c(Cl)nnc(Cl)c1C(N)=O. The van der Waals surface area contributed by atoms with Crippen molar-refractivity contribution in [1.29, 1.82) is 0 Å².